The zero-order valence-electron chi connectivity index (χ0n) is 17.1. The first kappa shape index (κ1) is 21.2. The summed E-state index contributed by atoms with van der Waals surface area (Å²) in [4.78, 5) is 10.8. The molecule has 0 fully saturated rings. The van der Waals surface area contributed by atoms with Crippen molar-refractivity contribution in [3.63, 3.8) is 0 Å². The molecule has 5 aromatic rings. The summed E-state index contributed by atoms with van der Waals surface area (Å²) in [5.74, 6) is 0. The van der Waals surface area contributed by atoms with Gasteiger partial charge in [-0.05, 0) is 33.9 Å². The summed E-state index contributed by atoms with van der Waals surface area (Å²) < 4.78 is 1.23. The molecule has 3 nitrogen and oxygen atoms in total. The molecule has 1 aliphatic heterocycles. The van der Waals surface area contributed by atoms with E-state index in [0.29, 0.717) is 0 Å². The zero-order valence-corrected chi connectivity index (χ0v) is 20.3. The Bertz CT molecular complexity index is 1410. The quantitative estimate of drug-likeness (QED) is 0.225. The second kappa shape index (κ2) is 9.05. The third-order valence-electron chi connectivity index (χ3n) is 5.40. The molecule has 0 atom stereocenters. The monoisotopic (exact) mass is 609 g/mol. The van der Waals surface area contributed by atoms with E-state index < -0.39 is 0 Å². The van der Waals surface area contributed by atoms with Crippen LogP contribution >= 0.6 is 11.3 Å². The van der Waals surface area contributed by atoms with Crippen LogP contribution in [0.5, 0.6) is 0 Å². The third kappa shape index (κ3) is 4.17. The summed E-state index contributed by atoms with van der Waals surface area (Å²) in [7, 11) is 0. The van der Waals surface area contributed by atoms with Gasteiger partial charge in [-0.25, -0.2) is 11.3 Å². The van der Waals surface area contributed by atoms with Gasteiger partial charge in [-0.3, -0.25) is 4.98 Å². The molecular weight excluding hydrogens is 591 g/mol. The maximum atomic E-state index is 4.88. The fourth-order valence-corrected chi connectivity index (χ4v) is 4.93. The maximum Gasteiger partial charge on any atom is 0.0556 e. The van der Waals surface area contributed by atoms with Crippen LogP contribution in [0.25, 0.3) is 31.9 Å². The Morgan fingerprint density at radius 3 is 2.38 bits per heavy atom. The smallest absolute Gasteiger partial charge is 0.0556 e. The van der Waals surface area contributed by atoms with E-state index >= 15 is 0 Å². The molecule has 1 N–H and O–H groups in total. The van der Waals surface area contributed by atoms with Gasteiger partial charge in [-0.15, -0.1) is 52.4 Å². The van der Waals surface area contributed by atoms with Crippen LogP contribution in [0.2, 0.25) is 0 Å². The molecule has 6 rings (SSSR count). The van der Waals surface area contributed by atoms with E-state index in [2.05, 4.69) is 59.9 Å². The van der Waals surface area contributed by atoms with E-state index in [1.807, 2.05) is 36.8 Å². The molecule has 158 valence electrons. The van der Waals surface area contributed by atoms with Crippen molar-refractivity contribution in [1.29, 1.82) is 0 Å². The second-order valence-electron chi connectivity index (χ2n) is 7.58. The van der Waals surface area contributed by atoms with Crippen molar-refractivity contribution in [2.24, 2.45) is 0 Å². The van der Waals surface area contributed by atoms with Crippen molar-refractivity contribution in [2.75, 3.05) is 0 Å². The van der Waals surface area contributed by atoms with E-state index in [-0.39, 0.29) is 20.1 Å². The fourth-order valence-electron chi connectivity index (χ4n) is 3.91. The van der Waals surface area contributed by atoms with Gasteiger partial charge in [0.25, 0.3) is 0 Å². The van der Waals surface area contributed by atoms with Crippen molar-refractivity contribution in [1.82, 2.24) is 15.3 Å². The van der Waals surface area contributed by atoms with Gasteiger partial charge in [0.05, 0.1) is 6.42 Å². The van der Waals surface area contributed by atoms with E-state index in [4.69, 9.17) is 9.97 Å². The van der Waals surface area contributed by atoms with E-state index in [0.717, 1.165) is 51.9 Å². The van der Waals surface area contributed by atoms with Crippen molar-refractivity contribution in [3.05, 3.63) is 114 Å². The van der Waals surface area contributed by atoms with E-state index in [1.165, 1.54) is 15.6 Å². The van der Waals surface area contributed by atoms with Crippen molar-refractivity contribution in [3.8, 4) is 21.8 Å². The van der Waals surface area contributed by atoms with Crippen LogP contribution in [0.4, 0.5) is 0 Å². The summed E-state index contributed by atoms with van der Waals surface area (Å²) in [6.07, 6.45) is 2.02. The number of pyridine rings is 2. The van der Waals surface area contributed by atoms with Crippen LogP contribution in [0, 0.1) is 18.6 Å². The molecule has 0 unspecified atom stereocenters. The maximum absolute atomic E-state index is 4.88. The molecule has 8 bridgehead atoms. The summed E-state index contributed by atoms with van der Waals surface area (Å²) in [5.41, 5.74) is 6.98. The van der Waals surface area contributed by atoms with Gasteiger partial charge in [-0.1, -0.05) is 42.5 Å². The molecule has 32 heavy (non-hydrogen) atoms. The number of thiophene rings is 1. The first-order chi connectivity index (χ1) is 15.3. The SMILES string of the molecule is [Ir].[c-]1c2cccc1-c1cccc(n1)[CH]c1cccc(n1)-c1[c-]c3c(cccc3s1)CNC2. The van der Waals surface area contributed by atoms with Crippen LogP contribution in [0.1, 0.15) is 22.5 Å². The molecule has 0 spiro atoms. The number of rotatable bonds is 0. The normalized spacial score (nSPS) is 12.9. The van der Waals surface area contributed by atoms with Crippen LogP contribution in [0.3, 0.4) is 0 Å². The molecule has 0 aliphatic carbocycles. The van der Waals surface area contributed by atoms with Gasteiger partial charge in [-0.2, -0.15) is 0 Å². The molecule has 0 amide bonds. The largest absolute Gasteiger partial charge is 0.319 e. The van der Waals surface area contributed by atoms with Gasteiger partial charge in [0.2, 0.25) is 0 Å². The summed E-state index contributed by atoms with van der Waals surface area (Å²) in [5, 5.41) is 4.74. The van der Waals surface area contributed by atoms with E-state index in [1.54, 1.807) is 11.3 Å². The summed E-state index contributed by atoms with van der Waals surface area (Å²) in [6.45, 7) is 1.52. The Morgan fingerprint density at radius 2 is 1.50 bits per heavy atom. The Morgan fingerprint density at radius 1 is 0.750 bits per heavy atom. The Balaban J connectivity index is 0.00000216. The van der Waals surface area contributed by atoms with Crippen LogP contribution < -0.4 is 5.32 Å². The Hall–Kier alpha value is -2.69. The molecule has 5 heteroatoms. The first-order valence-corrected chi connectivity index (χ1v) is 11.1. The van der Waals surface area contributed by atoms with Gasteiger partial charge in [0, 0.05) is 43.7 Å². The Labute approximate surface area is 204 Å². The second-order valence-corrected chi connectivity index (χ2v) is 8.63. The summed E-state index contributed by atoms with van der Waals surface area (Å²) >= 11 is 1.74. The average molecular weight is 609 g/mol. The van der Waals surface area contributed by atoms with Gasteiger partial charge >= 0.3 is 0 Å². The molecule has 2 radical (unpaired) electrons. The van der Waals surface area contributed by atoms with Crippen molar-refractivity contribution < 1.29 is 20.1 Å². The third-order valence-corrected chi connectivity index (χ3v) is 6.47. The van der Waals surface area contributed by atoms with Gasteiger partial charge in [0.1, 0.15) is 0 Å². The average Bonchev–Trinajstić information content (AvgIpc) is 3.25. The van der Waals surface area contributed by atoms with Crippen molar-refractivity contribution in [2.45, 2.75) is 13.1 Å². The van der Waals surface area contributed by atoms with Crippen molar-refractivity contribution >= 4 is 21.4 Å². The molecule has 0 saturated carbocycles. The standard InChI is InChI=1S/C27H18N3S.Ir/c1-5-18-13-19(6-1)24-10-3-8-21(29-24)14-22-9-4-11-25(30-22)27-15-23-20(17-28-16-18)7-2-12-26(23)31-27;/h1-12,14,28H,16-17H2;/q-2;. The predicted molar refractivity (Wildman–Crippen MR) is 125 cm³/mol. The predicted octanol–water partition coefficient (Wildman–Crippen LogP) is 5.83. The number of hydrogen-bond acceptors (Lipinski definition) is 4. The topological polar surface area (TPSA) is 37.8 Å². The molecule has 1 aliphatic rings. The number of nitrogens with zero attached hydrogens (tertiary/aromatic N) is 2. The van der Waals surface area contributed by atoms with Gasteiger partial charge in [0.15, 0.2) is 0 Å². The molecule has 3 aromatic heterocycles. The summed E-state index contributed by atoms with van der Waals surface area (Å²) in [6, 6.07) is 32.0. The number of benzene rings is 2. The Kier molecular flexibility index (Phi) is 5.99. The fraction of sp³-hybridized carbons (Fsp3) is 0.0741. The molecular formula is C27H18IrN3S-2. The van der Waals surface area contributed by atoms with E-state index in [9.17, 15) is 0 Å². The minimum Gasteiger partial charge on any atom is -0.319 e. The van der Waals surface area contributed by atoms with Gasteiger partial charge < -0.3 is 10.3 Å². The zero-order chi connectivity index (χ0) is 20.6. The first-order valence-electron chi connectivity index (χ1n) is 10.3. The molecule has 2 aromatic carbocycles. The van der Waals surface area contributed by atoms with Crippen LogP contribution in [-0.2, 0) is 33.2 Å². The minimum atomic E-state index is 0. The number of hydrogen-bond donors (Lipinski definition) is 1. The molecule has 0 saturated heterocycles. The van der Waals surface area contributed by atoms with Crippen LogP contribution in [-0.4, -0.2) is 9.97 Å². The number of aromatic nitrogens is 2. The minimum absolute atomic E-state index is 0. The number of nitrogens with one attached hydrogen (secondary N) is 1. The molecule has 4 heterocycles. The number of fused-ring (bicyclic) bond motifs is 9. The van der Waals surface area contributed by atoms with Crippen LogP contribution in [0.15, 0.2) is 72.8 Å².